The average molecular weight is 525 g/mol. The van der Waals surface area contributed by atoms with Gasteiger partial charge in [0.25, 0.3) is 0 Å². The van der Waals surface area contributed by atoms with Gasteiger partial charge in [0.1, 0.15) is 29.4 Å². The molecule has 0 amide bonds. The normalized spacial score (nSPS) is 20.2. The summed E-state index contributed by atoms with van der Waals surface area (Å²) in [5, 5.41) is 7.77. The van der Waals surface area contributed by atoms with Crippen molar-refractivity contribution in [1.29, 1.82) is 0 Å². The number of aromatic nitrogens is 2. The molecule has 0 saturated carbocycles. The van der Waals surface area contributed by atoms with Crippen LogP contribution < -0.4 is 20.1 Å². The van der Waals surface area contributed by atoms with Crippen LogP contribution in [0.25, 0.3) is 11.0 Å². The van der Waals surface area contributed by atoms with E-state index >= 15 is 0 Å². The Bertz CT molecular complexity index is 1100. The van der Waals surface area contributed by atoms with Crippen LogP contribution in [0.2, 0.25) is 5.02 Å². The number of nitrogens with zero attached hydrogens (tertiary/aromatic N) is 2. The van der Waals surface area contributed by atoms with Gasteiger partial charge in [0, 0.05) is 11.6 Å². The van der Waals surface area contributed by atoms with Crippen molar-refractivity contribution in [3.05, 3.63) is 53.3 Å². The van der Waals surface area contributed by atoms with Gasteiger partial charge < -0.3 is 24.7 Å². The standard InChI is InChI=1S/C30H41ClN4O2/c31-25-12-14-26(15-13-25)37-22-29-34-30-27(35(29)18-4-8-23-6-2-16-32-20-23)10-1-11-28(30)36-19-5-9-24-7-3-17-33-21-24/h1,10-15,23-24,32-33H,2-9,16-22H2/t23-,24+/m1/s1. The van der Waals surface area contributed by atoms with E-state index in [-0.39, 0.29) is 0 Å². The van der Waals surface area contributed by atoms with Crippen molar-refractivity contribution >= 4 is 22.6 Å². The number of fused-ring (bicyclic) bond motifs is 1. The Labute approximate surface area is 226 Å². The van der Waals surface area contributed by atoms with Crippen LogP contribution in [0.4, 0.5) is 0 Å². The lowest BCUT2D eigenvalue weighted by molar-refractivity contribution is 0.277. The van der Waals surface area contributed by atoms with E-state index in [1.54, 1.807) is 0 Å². The van der Waals surface area contributed by atoms with Crippen LogP contribution in [-0.2, 0) is 13.2 Å². The highest BCUT2D eigenvalue weighted by atomic mass is 35.5. The Balaban J connectivity index is 1.27. The zero-order chi connectivity index (χ0) is 25.3. The van der Waals surface area contributed by atoms with Crippen LogP contribution in [0.5, 0.6) is 11.5 Å². The van der Waals surface area contributed by atoms with Crippen molar-refractivity contribution in [2.45, 2.75) is 64.5 Å². The molecule has 2 aliphatic heterocycles. The number of halogens is 1. The number of nitrogens with one attached hydrogen (secondary N) is 2. The molecule has 2 atom stereocenters. The van der Waals surface area contributed by atoms with Gasteiger partial charge in [-0.15, -0.1) is 0 Å². The summed E-state index contributed by atoms with van der Waals surface area (Å²) in [6.07, 6.45) is 9.90. The molecule has 0 unspecified atom stereocenters. The van der Waals surface area contributed by atoms with E-state index in [9.17, 15) is 0 Å². The minimum Gasteiger partial charge on any atom is -0.491 e. The number of hydrogen-bond donors (Lipinski definition) is 2. The largest absolute Gasteiger partial charge is 0.491 e. The Hall–Kier alpha value is -2.28. The van der Waals surface area contributed by atoms with Crippen molar-refractivity contribution in [3.63, 3.8) is 0 Å². The van der Waals surface area contributed by atoms with Gasteiger partial charge in [-0.3, -0.25) is 0 Å². The fraction of sp³-hybridized carbons (Fsp3) is 0.567. The number of piperidine rings is 2. The van der Waals surface area contributed by atoms with Crippen LogP contribution in [0.3, 0.4) is 0 Å². The number of aryl methyl sites for hydroxylation is 1. The van der Waals surface area contributed by atoms with Gasteiger partial charge in [0.05, 0.1) is 12.1 Å². The van der Waals surface area contributed by atoms with Crippen molar-refractivity contribution in [2.75, 3.05) is 32.8 Å². The highest BCUT2D eigenvalue weighted by Gasteiger charge is 2.18. The molecule has 1 aromatic heterocycles. The summed E-state index contributed by atoms with van der Waals surface area (Å²) < 4.78 is 14.8. The Kier molecular flexibility index (Phi) is 9.60. The molecule has 6 nitrogen and oxygen atoms in total. The van der Waals surface area contributed by atoms with Gasteiger partial charge in [-0.2, -0.15) is 0 Å². The summed E-state index contributed by atoms with van der Waals surface area (Å²) in [5.74, 6) is 4.17. The van der Waals surface area contributed by atoms with Crippen LogP contribution in [0.15, 0.2) is 42.5 Å². The van der Waals surface area contributed by atoms with Gasteiger partial charge in [0.2, 0.25) is 0 Å². The van der Waals surface area contributed by atoms with Crippen molar-refractivity contribution in [2.24, 2.45) is 11.8 Å². The maximum atomic E-state index is 6.29. The molecule has 0 bridgehead atoms. The molecule has 0 spiro atoms. The molecule has 0 radical (unpaired) electrons. The number of benzene rings is 2. The fourth-order valence-electron chi connectivity index (χ4n) is 5.76. The van der Waals surface area contributed by atoms with Gasteiger partial charge in [0.15, 0.2) is 0 Å². The number of rotatable bonds is 12. The first-order valence-electron chi connectivity index (χ1n) is 14.2. The third-order valence-corrected chi connectivity index (χ3v) is 8.06. The Morgan fingerprint density at radius 2 is 1.62 bits per heavy atom. The summed E-state index contributed by atoms with van der Waals surface area (Å²) in [4.78, 5) is 5.04. The molecule has 5 rings (SSSR count). The maximum absolute atomic E-state index is 6.29. The average Bonchev–Trinajstić information content (AvgIpc) is 3.30. The predicted molar refractivity (Wildman–Crippen MR) is 151 cm³/mol. The lowest BCUT2D eigenvalue weighted by atomic mass is 9.95. The van der Waals surface area contributed by atoms with Gasteiger partial charge in [-0.1, -0.05) is 17.7 Å². The molecular weight excluding hydrogens is 484 g/mol. The third kappa shape index (κ3) is 7.40. The predicted octanol–water partition coefficient (Wildman–Crippen LogP) is 6.21. The Morgan fingerprint density at radius 3 is 2.32 bits per heavy atom. The first-order valence-corrected chi connectivity index (χ1v) is 14.5. The first-order chi connectivity index (χ1) is 18.3. The number of para-hydroxylation sites is 1. The summed E-state index contributed by atoms with van der Waals surface area (Å²) >= 11 is 6.05. The number of hydrogen-bond acceptors (Lipinski definition) is 5. The lowest BCUT2D eigenvalue weighted by Gasteiger charge is -2.22. The van der Waals surface area contributed by atoms with E-state index < -0.39 is 0 Å². The van der Waals surface area contributed by atoms with E-state index in [1.807, 2.05) is 24.3 Å². The smallest absolute Gasteiger partial charge is 0.148 e. The van der Waals surface area contributed by atoms with Crippen molar-refractivity contribution in [3.8, 4) is 11.5 Å². The molecular formula is C30H41ClN4O2. The van der Waals surface area contributed by atoms with E-state index in [2.05, 4.69) is 33.4 Å². The summed E-state index contributed by atoms with van der Waals surface area (Å²) in [6.45, 7) is 6.70. The second kappa shape index (κ2) is 13.5. The molecule has 2 aromatic carbocycles. The highest BCUT2D eigenvalue weighted by Crippen LogP contribution is 2.29. The molecule has 2 aliphatic rings. The summed E-state index contributed by atoms with van der Waals surface area (Å²) in [7, 11) is 0. The Morgan fingerprint density at radius 1 is 0.892 bits per heavy atom. The topological polar surface area (TPSA) is 60.3 Å². The van der Waals surface area contributed by atoms with Crippen LogP contribution >= 0.6 is 11.6 Å². The van der Waals surface area contributed by atoms with Crippen LogP contribution in [0, 0.1) is 11.8 Å². The summed E-state index contributed by atoms with van der Waals surface area (Å²) in [6, 6.07) is 13.8. The molecule has 3 heterocycles. The third-order valence-electron chi connectivity index (χ3n) is 7.81. The molecule has 200 valence electrons. The minimum absolute atomic E-state index is 0.412. The zero-order valence-electron chi connectivity index (χ0n) is 21.9. The van der Waals surface area contributed by atoms with E-state index in [0.29, 0.717) is 11.6 Å². The SMILES string of the molecule is Clc1ccc(OCc2nc3c(OCCC[C@@H]4CCCNC4)cccc3n2CCC[C@H]2CCCNC2)cc1. The summed E-state index contributed by atoms with van der Waals surface area (Å²) in [5.41, 5.74) is 2.07. The molecule has 3 aromatic rings. The lowest BCUT2D eigenvalue weighted by Crippen LogP contribution is -2.29. The molecule has 0 aliphatic carbocycles. The second-order valence-corrected chi connectivity index (χ2v) is 11.0. The minimum atomic E-state index is 0.412. The molecule has 2 fully saturated rings. The molecule has 2 N–H and O–H groups in total. The van der Waals surface area contributed by atoms with Crippen LogP contribution in [0.1, 0.15) is 57.2 Å². The molecule has 7 heteroatoms. The molecule has 2 saturated heterocycles. The van der Waals surface area contributed by atoms with E-state index in [1.165, 1.54) is 45.1 Å². The zero-order valence-corrected chi connectivity index (χ0v) is 22.6. The van der Waals surface area contributed by atoms with Gasteiger partial charge in [-0.25, -0.2) is 4.98 Å². The van der Waals surface area contributed by atoms with Gasteiger partial charge >= 0.3 is 0 Å². The number of ether oxygens (including phenoxy) is 2. The quantitative estimate of drug-likeness (QED) is 0.276. The maximum Gasteiger partial charge on any atom is 0.148 e. The van der Waals surface area contributed by atoms with Crippen molar-refractivity contribution < 1.29 is 9.47 Å². The monoisotopic (exact) mass is 524 g/mol. The molecule has 37 heavy (non-hydrogen) atoms. The van der Waals surface area contributed by atoms with E-state index in [4.69, 9.17) is 26.1 Å². The first kappa shape index (κ1) is 26.3. The van der Waals surface area contributed by atoms with Gasteiger partial charge in [-0.05, 0) is 126 Å². The van der Waals surface area contributed by atoms with Crippen molar-refractivity contribution in [1.82, 2.24) is 20.2 Å². The van der Waals surface area contributed by atoms with Crippen LogP contribution in [-0.4, -0.2) is 42.3 Å². The fourth-order valence-corrected chi connectivity index (χ4v) is 5.88. The highest BCUT2D eigenvalue weighted by molar-refractivity contribution is 6.30. The van der Waals surface area contributed by atoms with E-state index in [0.717, 1.165) is 85.8 Å². The second-order valence-electron chi connectivity index (χ2n) is 10.6. The number of imidazole rings is 1.